The van der Waals surface area contributed by atoms with Gasteiger partial charge in [0, 0.05) is 18.2 Å². The molecule has 6 heteroatoms. The Kier molecular flexibility index (Phi) is 4.94. The van der Waals surface area contributed by atoms with Crippen LogP contribution in [0.25, 0.3) is 0 Å². The zero-order valence-electron chi connectivity index (χ0n) is 14.5. The van der Waals surface area contributed by atoms with Crippen molar-refractivity contribution in [3.05, 3.63) is 40.9 Å². The van der Waals surface area contributed by atoms with Crippen LogP contribution in [0.5, 0.6) is 0 Å². The Morgan fingerprint density at radius 2 is 2.21 bits per heavy atom. The topological polar surface area (TPSA) is 71.3 Å². The number of likely N-dealkylation sites (tertiary alicyclic amines) is 1. The molecule has 1 saturated heterocycles. The van der Waals surface area contributed by atoms with Gasteiger partial charge in [-0.3, -0.25) is 14.7 Å². The molecule has 1 fully saturated rings. The molecule has 0 aliphatic carbocycles. The number of hydrogen-bond donors (Lipinski definition) is 1. The fourth-order valence-electron chi connectivity index (χ4n) is 3.26. The minimum Gasteiger partial charge on any atom is -0.360 e. The Balaban J connectivity index is 1.62. The summed E-state index contributed by atoms with van der Waals surface area (Å²) in [6.45, 7) is 4.93. The monoisotopic (exact) mass is 328 g/mol. The lowest BCUT2D eigenvalue weighted by Gasteiger charge is -2.20. The number of aromatic nitrogens is 2. The quantitative estimate of drug-likeness (QED) is 0.913. The summed E-state index contributed by atoms with van der Waals surface area (Å²) in [6, 6.07) is 6.32. The minimum absolute atomic E-state index is 0.0581. The smallest absolute Gasteiger partial charge is 0.225 e. The number of nitrogens with one attached hydrogen (secondary N) is 1. The molecule has 3 heterocycles. The Labute approximate surface area is 142 Å². The molecule has 1 N–H and O–H groups in total. The molecule has 1 amide bonds. The van der Waals surface area contributed by atoms with Crippen LogP contribution in [-0.4, -0.2) is 34.5 Å². The largest absolute Gasteiger partial charge is 0.360 e. The van der Waals surface area contributed by atoms with Crippen molar-refractivity contribution >= 4 is 11.7 Å². The van der Waals surface area contributed by atoms with Crippen LogP contribution in [0.15, 0.2) is 22.7 Å². The van der Waals surface area contributed by atoms with Crippen LogP contribution < -0.4 is 5.32 Å². The van der Waals surface area contributed by atoms with E-state index in [1.54, 1.807) is 13.0 Å². The van der Waals surface area contributed by atoms with E-state index < -0.39 is 0 Å². The molecule has 0 radical (unpaired) electrons. The number of pyridine rings is 1. The summed E-state index contributed by atoms with van der Waals surface area (Å²) in [6.07, 6.45) is 3.47. The number of carbonyl (C=O) groups is 1. The van der Waals surface area contributed by atoms with E-state index in [0.29, 0.717) is 30.5 Å². The number of nitrogens with zero attached hydrogens (tertiary/aromatic N) is 3. The van der Waals surface area contributed by atoms with E-state index >= 15 is 0 Å². The molecule has 128 valence electrons. The first kappa shape index (κ1) is 16.6. The van der Waals surface area contributed by atoms with Crippen molar-refractivity contribution in [2.24, 2.45) is 0 Å². The average Bonchev–Trinajstić information content (AvgIpc) is 3.13. The van der Waals surface area contributed by atoms with Gasteiger partial charge in [0.1, 0.15) is 5.76 Å². The minimum atomic E-state index is -0.0581. The van der Waals surface area contributed by atoms with Gasteiger partial charge in [-0.05, 0) is 64.4 Å². The van der Waals surface area contributed by atoms with Crippen LogP contribution in [0.2, 0.25) is 0 Å². The van der Waals surface area contributed by atoms with Gasteiger partial charge in [-0.2, -0.15) is 0 Å². The number of amides is 1. The molecule has 1 aliphatic rings. The predicted octanol–water partition coefficient (Wildman–Crippen LogP) is 3.02. The molecule has 0 spiro atoms. The number of carbonyl (C=O) groups excluding carboxylic acids is 1. The molecule has 0 bridgehead atoms. The van der Waals surface area contributed by atoms with Crippen molar-refractivity contribution in [2.45, 2.75) is 45.6 Å². The van der Waals surface area contributed by atoms with E-state index in [-0.39, 0.29) is 5.91 Å². The van der Waals surface area contributed by atoms with E-state index in [1.165, 1.54) is 6.42 Å². The summed E-state index contributed by atoms with van der Waals surface area (Å²) in [5, 5.41) is 6.53. The molecule has 0 saturated carbocycles. The second-order valence-corrected chi connectivity index (χ2v) is 6.55. The summed E-state index contributed by atoms with van der Waals surface area (Å²) in [5.74, 6) is 1.09. The normalized spacial score (nSPS) is 18.0. The Morgan fingerprint density at radius 1 is 1.38 bits per heavy atom. The van der Waals surface area contributed by atoms with Crippen LogP contribution in [0, 0.1) is 13.8 Å². The Hall–Kier alpha value is -2.21. The van der Waals surface area contributed by atoms with Crippen LogP contribution in [0.1, 0.15) is 48.0 Å². The first-order valence-electron chi connectivity index (χ1n) is 8.42. The second-order valence-electron chi connectivity index (χ2n) is 6.55. The van der Waals surface area contributed by atoms with Gasteiger partial charge in [0.25, 0.3) is 0 Å². The molecule has 1 atom stereocenters. The SMILES string of the molecule is Cc1cc(CCC(=O)Nc2cc(C)on2)cc([C@H]2CCCN2C)n1. The predicted molar refractivity (Wildman–Crippen MR) is 91.8 cm³/mol. The molecule has 6 nitrogen and oxygen atoms in total. The maximum absolute atomic E-state index is 12.1. The third kappa shape index (κ3) is 4.00. The average molecular weight is 328 g/mol. The lowest BCUT2D eigenvalue weighted by Crippen LogP contribution is -2.19. The van der Waals surface area contributed by atoms with Gasteiger partial charge in [0.15, 0.2) is 5.82 Å². The van der Waals surface area contributed by atoms with Crippen molar-refractivity contribution in [1.29, 1.82) is 0 Å². The van der Waals surface area contributed by atoms with Crippen LogP contribution in [0.4, 0.5) is 5.82 Å². The highest BCUT2D eigenvalue weighted by Gasteiger charge is 2.24. The molecule has 2 aromatic heterocycles. The summed E-state index contributed by atoms with van der Waals surface area (Å²) >= 11 is 0. The van der Waals surface area contributed by atoms with Crippen molar-refractivity contribution in [3.63, 3.8) is 0 Å². The number of aryl methyl sites for hydroxylation is 3. The van der Waals surface area contributed by atoms with Crippen molar-refractivity contribution in [2.75, 3.05) is 18.9 Å². The third-order valence-corrected chi connectivity index (χ3v) is 4.43. The van der Waals surface area contributed by atoms with E-state index in [0.717, 1.165) is 29.9 Å². The summed E-state index contributed by atoms with van der Waals surface area (Å²) < 4.78 is 4.95. The van der Waals surface area contributed by atoms with E-state index in [1.807, 2.05) is 6.92 Å². The maximum Gasteiger partial charge on any atom is 0.225 e. The van der Waals surface area contributed by atoms with Gasteiger partial charge < -0.3 is 9.84 Å². The molecule has 24 heavy (non-hydrogen) atoms. The van der Waals surface area contributed by atoms with Crippen LogP contribution in [0.3, 0.4) is 0 Å². The number of rotatable bonds is 5. The lowest BCUT2D eigenvalue weighted by atomic mass is 10.0. The summed E-state index contributed by atoms with van der Waals surface area (Å²) in [4.78, 5) is 19.1. The highest BCUT2D eigenvalue weighted by atomic mass is 16.5. The third-order valence-electron chi connectivity index (χ3n) is 4.43. The van der Waals surface area contributed by atoms with E-state index in [2.05, 4.69) is 34.6 Å². The molecule has 0 unspecified atom stereocenters. The zero-order valence-corrected chi connectivity index (χ0v) is 14.5. The van der Waals surface area contributed by atoms with Crippen molar-refractivity contribution < 1.29 is 9.32 Å². The lowest BCUT2D eigenvalue weighted by molar-refractivity contribution is -0.116. The van der Waals surface area contributed by atoms with Gasteiger partial charge in [-0.1, -0.05) is 5.16 Å². The zero-order chi connectivity index (χ0) is 17.1. The van der Waals surface area contributed by atoms with Gasteiger partial charge in [0.05, 0.1) is 11.7 Å². The first-order chi connectivity index (χ1) is 11.5. The van der Waals surface area contributed by atoms with Crippen LogP contribution in [-0.2, 0) is 11.2 Å². The highest BCUT2D eigenvalue weighted by molar-refractivity contribution is 5.89. The maximum atomic E-state index is 12.1. The van der Waals surface area contributed by atoms with E-state index in [9.17, 15) is 4.79 Å². The standard InChI is InChI=1S/C18H24N4O2/c1-12-9-14(11-15(19-12)16-5-4-8-22(16)3)6-7-18(23)20-17-10-13(2)24-21-17/h9-11,16H,4-8H2,1-3H3,(H,20,21,23)/t16-/m1/s1. The van der Waals surface area contributed by atoms with Gasteiger partial charge >= 0.3 is 0 Å². The number of anilines is 1. The first-order valence-corrected chi connectivity index (χ1v) is 8.42. The Morgan fingerprint density at radius 3 is 2.88 bits per heavy atom. The summed E-state index contributed by atoms with van der Waals surface area (Å²) in [5.41, 5.74) is 3.29. The Bertz CT molecular complexity index is 726. The highest BCUT2D eigenvalue weighted by Crippen LogP contribution is 2.29. The van der Waals surface area contributed by atoms with E-state index in [4.69, 9.17) is 9.51 Å². The van der Waals surface area contributed by atoms with Crippen LogP contribution >= 0.6 is 0 Å². The molecular formula is C18H24N4O2. The molecule has 2 aromatic rings. The molecular weight excluding hydrogens is 304 g/mol. The summed E-state index contributed by atoms with van der Waals surface area (Å²) in [7, 11) is 2.15. The van der Waals surface area contributed by atoms with Crippen molar-refractivity contribution in [1.82, 2.24) is 15.0 Å². The van der Waals surface area contributed by atoms with Crippen molar-refractivity contribution in [3.8, 4) is 0 Å². The molecule has 3 rings (SSSR count). The van der Waals surface area contributed by atoms with Gasteiger partial charge in [-0.25, -0.2) is 0 Å². The number of hydrogen-bond acceptors (Lipinski definition) is 5. The fraction of sp³-hybridized carbons (Fsp3) is 0.500. The molecule has 1 aliphatic heterocycles. The fourth-order valence-corrected chi connectivity index (χ4v) is 3.26. The molecule has 0 aromatic carbocycles. The second kappa shape index (κ2) is 7.13. The van der Waals surface area contributed by atoms with Gasteiger partial charge in [0.2, 0.25) is 5.91 Å². The van der Waals surface area contributed by atoms with Gasteiger partial charge in [-0.15, -0.1) is 0 Å².